The smallest absolute Gasteiger partial charge is 0.225 e. The zero-order chi connectivity index (χ0) is 13.7. The Morgan fingerprint density at radius 2 is 1.89 bits per heavy atom. The Morgan fingerprint density at radius 3 is 2.58 bits per heavy atom. The number of aryl methyl sites for hydroxylation is 1. The molecular weight excluding hydrogens is 258 g/mol. The lowest BCUT2D eigenvalue weighted by molar-refractivity contribution is -0.115. The van der Waals surface area contributed by atoms with Crippen LogP contribution in [0.1, 0.15) is 12.0 Å². The van der Waals surface area contributed by atoms with E-state index in [1.165, 1.54) is 5.56 Å². The first kappa shape index (κ1) is 13.6. The summed E-state index contributed by atoms with van der Waals surface area (Å²) in [4.78, 5) is 11.5. The van der Waals surface area contributed by atoms with Gasteiger partial charge >= 0.3 is 0 Å². The average Bonchev–Trinajstić information content (AvgIpc) is 2.42. The normalized spacial score (nSPS) is 10.2. The van der Waals surface area contributed by atoms with Gasteiger partial charge in [-0.3, -0.25) is 4.79 Å². The highest BCUT2D eigenvalue weighted by Gasteiger charge is 2.05. The van der Waals surface area contributed by atoms with E-state index in [0.29, 0.717) is 12.3 Å². The molecule has 0 aliphatic rings. The molecule has 0 saturated heterocycles. The van der Waals surface area contributed by atoms with E-state index in [1.807, 2.05) is 36.4 Å². The summed E-state index contributed by atoms with van der Waals surface area (Å²) in [7, 11) is 0. The highest BCUT2D eigenvalue weighted by atomic mass is 35.5. The molecule has 0 fully saturated rings. The van der Waals surface area contributed by atoms with Crippen molar-refractivity contribution in [3.05, 3.63) is 54.1 Å². The van der Waals surface area contributed by atoms with Gasteiger partial charge in [0.1, 0.15) is 0 Å². The number of halogens is 1. The summed E-state index contributed by atoms with van der Waals surface area (Å²) in [6, 6.07) is 16.1. The Labute approximate surface area is 118 Å². The van der Waals surface area contributed by atoms with E-state index in [-0.39, 0.29) is 5.91 Å². The third kappa shape index (κ3) is 3.58. The van der Waals surface area contributed by atoms with Crippen molar-refractivity contribution >= 4 is 23.2 Å². The second-order valence-corrected chi connectivity index (χ2v) is 4.76. The molecule has 0 aliphatic heterocycles. The van der Waals surface area contributed by atoms with Crippen LogP contribution in [-0.4, -0.2) is 11.8 Å². The van der Waals surface area contributed by atoms with Crippen LogP contribution in [-0.2, 0) is 4.79 Å². The monoisotopic (exact) mass is 273 g/mol. The van der Waals surface area contributed by atoms with E-state index in [1.54, 1.807) is 0 Å². The average molecular weight is 274 g/mol. The van der Waals surface area contributed by atoms with Gasteiger partial charge in [0.15, 0.2) is 0 Å². The number of rotatable bonds is 4. The number of carbonyl (C=O) groups excluding carboxylic acids is 1. The number of hydrogen-bond acceptors (Lipinski definition) is 1. The van der Waals surface area contributed by atoms with Gasteiger partial charge in [0.2, 0.25) is 5.91 Å². The fourth-order valence-electron chi connectivity index (χ4n) is 1.94. The van der Waals surface area contributed by atoms with Crippen molar-refractivity contribution in [2.45, 2.75) is 13.3 Å². The summed E-state index contributed by atoms with van der Waals surface area (Å²) >= 11 is 5.55. The summed E-state index contributed by atoms with van der Waals surface area (Å²) in [5.41, 5.74) is 4.26. The predicted octanol–water partition coefficient (Wildman–Crippen LogP) is 4.23. The Balaban J connectivity index is 2.28. The molecule has 0 atom stereocenters. The van der Waals surface area contributed by atoms with E-state index in [0.717, 1.165) is 16.8 Å². The predicted molar refractivity (Wildman–Crippen MR) is 80.6 cm³/mol. The maximum atomic E-state index is 11.5. The fourth-order valence-corrected chi connectivity index (χ4v) is 2.11. The number of anilines is 1. The van der Waals surface area contributed by atoms with Gasteiger partial charge < -0.3 is 5.32 Å². The summed E-state index contributed by atoms with van der Waals surface area (Å²) in [6.07, 6.45) is 0.329. The minimum absolute atomic E-state index is 0.0575. The molecule has 0 unspecified atom stereocenters. The van der Waals surface area contributed by atoms with E-state index >= 15 is 0 Å². The topological polar surface area (TPSA) is 29.1 Å². The van der Waals surface area contributed by atoms with Gasteiger partial charge in [0.05, 0.1) is 0 Å². The molecule has 19 heavy (non-hydrogen) atoms. The second-order valence-electron chi connectivity index (χ2n) is 4.38. The number of benzene rings is 2. The van der Waals surface area contributed by atoms with Crippen molar-refractivity contribution in [2.24, 2.45) is 0 Å². The Morgan fingerprint density at radius 1 is 1.16 bits per heavy atom. The lowest BCUT2D eigenvalue weighted by Gasteiger charge is -2.10. The Kier molecular flexibility index (Phi) is 4.58. The Bertz CT molecular complexity index is 566. The number of nitrogens with one attached hydrogen (secondary N) is 1. The van der Waals surface area contributed by atoms with E-state index in [9.17, 15) is 4.79 Å². The zero-order valence-electron chi connectivity index (χ0n) is 10.8. The van der Waals surface area contributed by atoms with Crippen LogP contribution in [0.25, 0.3) is 11.1 Å². The lowest BCUT2D eigenvalue weighted by atomic mass is 10.00. The Hall–Kier alpha value is -1.80. The molecule has 0 aromatic heterocycles. The van der Waals surface area contributed by atoms with Gasteiger partial charge in [-0.1, -0.05) is 36.4 Å². The molecule has 2 rings (SSSR count). The highest BCUT2D eigenvalue weighted by molar-refractivity contribution is 6.19. The largest absolute Gasteiger partial charge is 0.326 e. The summed E-state index contributed by atoms with van der Waals surface area (Å²) in [6.45, 7) is 2.06. The standard InChI is InChI=1S/C16H16ClNO/c1-12-7-8-14(18-16(19)9-10-17)11-15(12)13-5-3-2-4-6-13/h2-8,11H,9-10H2,1H3,(H,18,19). The molecule has 0 aliphatic carbocycles. The molecule has 2 aromatic carbocycles. The van der Waals surface area contributed by atoms with Crippen LogP contribution in [0.2, 0.25) is 0 Å². The van der Waals surface area contributed by atoms with Crippen LogP contribution in [0.15, 0.2) is 48.5 Å². The van der Waals surface area contributed by atoms with Crippen LogP contribution in [0.3, 0.4) is 0 Å². The van der Waals surface area contributed by atoms with E-state index in [2.05, 4.69) is 24.4 Å². The van der Waals surface area contributed by atoms with Crippen LogP contribution in [0, 0.1) is 6.92 Å². The van der Waals surface area contributed by atoms with Gasteiger partial charge in [-0.15, -0.1) is 11.6 Å². The van der Waals surface area contributed by atoms with Crippen molar-refractivity contribution in [1.82, 2.24) is 0 Å². The van der Waals surface area contributed by atoms with Crippen molar-refractivity contribution in [3.8, 4) is 11.1 Å². The molecule has 0 heterocycles. The maximum absolute atomic E-state index is 11.5. The summed E-state index contributed by atoms with van der Waals surface area (Å²) in [5.74, 6) is 0.279. The number of amides is 1. The highest BCUT2D eigenvalue weighted by Crippen LogP contribution is 2.26. The van der Waals surface area contributed by atoms with Crippen LogP contribution < -0.4 is 5.32 Å². The molecule has 3 heteroatoms. The molecule has 1 amide bonds. The third-order valence-electron chi connectivity index (χ3n) is 2.93. The van der Waals surface area contributed by atoms with Gasteiger partial charge in [-0.25, -0.2) is 0 Å². The molecule has 2 aromatic rings. The van der Waals surface area contributed by atoms with Crippen molar-refractivity contribution in [3.63, 3.8) is 0 Å². The number of hydrogen-bond donors (Lipinski definition) is 1. The molecule has 0 radical (unpaired) electrons. The number of carbonyl (C=O) groups is 1. The second kappa shape index (κ2) is 6.39. The maximum Gasteiger partial charge on any atom is 0.225 e. The van der Waals surface area contributed by atoms with Crippen LogP contribution in [0.5, 0.6) is 0 Å². The third-order valence-corrected chi connectivity index (χ3v) is 3.12. The summed E-state index contributed by atoms with van der Waals surface area (Å²) < 4.78 is 0. The first-order chi connectivity index (χ1) is 9.20. The zero-order valence-corrected chi connectivity index (χ0v) is 11.6. The van der Waals surface area contributed by atoms with Crippen LogP contribution >= 0.6 is 11.6 Å². The number of alkyl halides is 1. The molecule has 1 N–H and O–H groups in total. The molecule has 98 valence electrons. The molecule has 0 saturated carbocycles. The van der Waals surface area contributed by atoms with Crippen LogP contribution in [0.4, 0.5) is 5.69 Å². The fraction of sp³-hybridized carbons (Fsp3) is 0.188. The van der Waals surface area contributed by atoms with Crippen molar-refractivity contribution in [2.75, 3.05) is 11.2 Å². The minimum Gasteiger partial charge on any atom is -0.326 e. The SMILES string of the molecule is Cc1ccc(NC(=O)CCCl)cc1-c1ccccc1. The molecule has 2 nitrogen and oxygen atoms in total. The van der Waals surface area contributed by atoms with E-state index in [4.69, 9.17) is 11.6 Å². The molecule has 0 bridgehead atoms. The molecule has 0 spiro atoms. The minimum atomic E-state index is -0.0575. The van der Waals surface area contributed by atoms with E-state index < -0.39 is 0 Å². The quantitative estimate of drug-likeness (QED) is 0.830. The lowest BCUT2D eigenvalue weighted by Crippen LogP contribution is -2.11. The first-order valence-electron chi connectivity index (χ1n) is 6.22. The van der Waals surface area contributed by atoms with Crippen molar-refractivity contribution in [1.29, 1.82) is 0 Å². The first-order valence-corrected chi connectivity index (χ1v) is 6.76. The van der Waals surface area contributed by atoms with Gasteiger partial charge in [-0.2, -0.15) is 0 Å². The van der Waals surface area contributed by atoms with Gasteiger partial charge in [0.25, 0.3) is 0 Å². The summed E-state index contributed by atoms with van der Waals surface area (Å²) in [5, 5.41) is 2.86. The molecular formula is C16H16ClNO. The van der Waals surface area contributed by atoms with Gasteiger partial charge in [0, 0.05) is 18.0 Å². The van der Waals surface area contributed by atoms with Crippen molar-refractivity contribution < 1.29 is 4.79 Å². The van der Waals surface area contributed by atoms with Gasteiger partial charge in [-0.05, 0) is 35.7 Å².